The minimum atomic E-state index is -1.17. The van der Waals surface area contributed by atoms with E-state index in [4.69, 9.17) is 0 Å². The smallest absolute Gasteiger partial charge is 0.326 e. The second-order valence-electron chi connectivity index (χ2n) is 6.28. The third kappa shape index (κ3) is 6.59. The molecule has 8 heteroatoms. The first kappa shape index (κ1) is 21.8. The lowest BCUT2D eigenvalue weighted by molar-refractivity contribution is -0.142. The Labute approximate surface area is 175 Å². The molecule has 0 radical (unpaired) electrons. The van der Waals surface area contributed by atoms with Crippen molar-refractivity contribution in [2.24, 2.45) is 0 Å². The lowest BCUT2D eigenvalue weighted by Crippen LogP contribution is -2.52. The van der Waals surface area contributed by atoms with E-state index in [1.54, 1.807) is 12.1 Å². The van der Waals surface area contributed by atoms with Crippen LogP contribution in [0.1, 0.15) is 18.1 Å². The fourth-order valence-electron chi connectivity index (χ4n) is 2.67. The first-order valence-electron chi connectivity index (χ1n) is 8.54. The number of nitrogens with one attached hydrogen (secondary N) is 2. The zero-order valence-corrected chi connectivity index (χ0v) is 17.3. The van der Waals surface area contributed by atoms with E-state index in [-0.39, 0.29) is 12.8 Å². The van der Waals surface area contributed by atoms with Crippen molar-refractivity contribution >= 4 is 40.4 Å². The summed E-state index contributed by atoms with van der Waals surface area (Å²) in [5.74, 6) is -2.62. The first-order valence-corrected chi connectivity index (χ1v) is 9.62. The summed E-state index contributed by atoms with van der Waals surface area (Å²) in [6, 6.07) is 10.7. The van der Waals surface area contributed by atoms with E-state index in [1.165, 1.54) is 31.2 Å². The summed E-state index contributed by atoms with van der Waals surface area (Å²) < 4.78 is 14.0. The highest BCUT2D eigenvalue weighted by atomic mass is 127. The van der Waals surface area contributed by atoms with Gasteiger partial charge in [-0.3, -0.25) is 9.59 Å². The Hall–Kier alpha value is -2.49. The standard InChI is InChI=1S/C20H20FIN2O4/c1-12(25)23-17(10-13-6-8-15(21)9-7-13)19(26)24-18(20(27)28)11-14-4-2-3-5-16(14)22/h2-9,17-18H,10-11H2,1H3,(H,23,25)(H,24,26)(H,27,28)/t17-,18-/m1/s1. The summed E-state index contributed by atoms with van der Waals surface area (Å²) >= 11 is 2.10. The van der Waals surface area contributed by atoms with Crippen LogP contribution in [0, 0.1) is 9.39 Å². The van der Waals surface area contributed by atoms with Gasteiger partial charge in [0.15, 0.2) is 0 Å². The molecule has 0 aromatic heterocycles. The Bertz CT molecular complexity index is 858. The quantitative estimate of drug-likeness (QED) is 0.487. The molecule has 0 aliphatic carbocycles. The van der Waals surface area contributed by atoms with Gasteiger partial charge < -0.3 is 15.7 Å². The molecule has 148 valence electrons. The number of halogens is 2. The predicted molar refractivity (Wildman–Crippen MR) is 110 cm³/mol. The number of aliphatic carboxylic acids is 1. The van der Waals surface area contributed by atoms with Gasteiger partial charge in [0.05, 0.1) is 0 Å². The van der Waals surface area contributed by atoms with Crippen LogP contribution in [0.5, 0.6) is 0 Å². The van der Waals surface area contributed by atoms with Gasteiger partial charge in [0.25, 0.3) is 0 Å². The highest BCUT2D eigenvalue weighted by Gasteiger charge is 2.26. The molecule has 0 unspecified atom stereocenters. The molecule has 6 nitrogen and oxygen atoms in total. The van der Waals surface area contributed by atoms with E-state index < -0.39 is 35.7 Å². The van der Waals surface area contributed by atoms with E-state index in [9.17, 15) is 23.9 Å². The Balaban J connectivity index is 2.14. The maximum absolute atomic E-state index is 13.1. The Morgan fingerprint density at radius 1 is 1.00 bits per heavy atom. The van der Waals surface area contributed by atoms with Crippen molar-refractivity contribution in [1.29, 1.82) is 0 Å². The van der Waals surface area contributed by atoms with Crippen molar-refractivity contribution in [3.8, 4) is 0 Å². The van der Waals surface area contributed by atoms with Crippen LogP contribution < -0.4 is 10.6 Å². The molecule has 2 rings (SSSR count). The van der Waals surface area contributed by atoms with Gasteiger partial charge in [-0.2, -0.15) is 0 Å². The predicted octanol–water partition coefficient (Wildman–Crippen LogP) is 2.29. The third-order valence-corrected chi connectivity index (χ3v) is 5.10. The summed E-state index contributed by atoms with van der Waals surface area (Å²) in [6.45, 7) is 1.27. The van der Waals surface area contributed by atoms with Crippen molar-refractivity contribution < 1.29 is 23.9 Å². The molecule has 0 aliphatic rings. The van der Waals surface area contributed by atoms with Gasteiger partial charge in [-0.15, -0.1) is 0 Å². The molecule has 2 aromatic rings. The Morgan fingerprint density at radius 3 is 2.21 bits per heavy atom. The SMILES string of the molecule is CC(=O)N[C@H](Cc1ccc(F)cc1)C(=O)N[C@H](Cc1ccccc1I)C(=O)O. The van der Waals surface area contributed by atoms with Crippen molar-refractivity contribution in [3.63, 3.8) is 0 Å². The van der Waals surface area contributed by atoms with E-state index in [2.05, 4.69) is 33.2 Å². The highest BCUT2D eigenvalue weighted by Crippen LogP contribution is 2.14. The molecule has 0 spiro atoms. The van der Waals surface area contributed by atoms with Gasteiger partial charge in [-0.25, -0.2) is 9.18 Å². The molecule has 2 aromatic carbocycles. The van der Waals surface area contributed by atoms with E-state index in [0.717, 1.165) is 9.13 Å². The number of carbonyl (C=O) groups is 3. The second kappa shape index (κ2) is 10.2. The van der Waals surface area contributed by atoms with Crippen LogP contribution in [0.25, 0.3) is 0 Å². The van der Waals surface area contributed by atoms with Crippen molar-refractivity contribution in [2.75, 3.05) is 0 Å². The molecule has 2 amide bonds. The molecule has 0 bridgehead atoms. The molecule has 0 saturated carbocycles. The maximum atomic E-state index is 13.1. The number of amides is 2. The lowest BCUT2D eigenvalue weighted by Gasteiger charge is -2.21. The average molecular weight is 498 g/mol. The van der Waals surface area contributed by atoms with E-state index in [1.807, 2.05) is 12.1 Å². The molecule has 0 fully saturated rings. The topological polar surface area (TPSA) is 95.5 Å². The van der Waals surface area contributed by atoms with Gasteiger partial charge in [-0.1, -0.05) is 30.3 Å². The molecule has 2 atom stereocenters. The van der Waals surface area contributed by atoms with Gasteiger partial charge in [0, 0.05) is 23.3 Å². The van der Waals surface area contributed by atoms with Gasteiger partial charge >= 0.3 is 5.97 Å². The lowest BCUT2D eigenvalue weighted by atomic mass is 10.0. The zero-order chi connectivity index (χ0) is 20.7. The van der Waals surface area contributed by atoms with Crippen molar-refractivity contribution in [3.05, 3.63) is 69.0 Å². The van der Waals surface area contributed by atoms with Gasteiger partial charge in [0.1, 0.15) is 17.9 Å². The molecule has 0 heterocycles. The molecular weight excluding hydrogens is 478 g/mol. The number of carboxylic acids is 1. The van der Waals surface area contributed by atoms with Crippen LogP contribution in [0.4, 0.5) is 4.39 Å². The highest BCUT2D eigenvalue weighted by molar-refractivity contribution is 14.1. The minimum Gasteiger partial charge on any atom is -0.480 e. The summed E-state index contributed by atoms with van der Waals surface area (Å²) in [5, 5.41) is 14.5. The largest absolute Gasteiger partial charge is 0.480 e. The number of hydrogen-bond acceptors (Lipinski definition) is 3. The molecular formula is C20H20FIN2O4. The fourth-order valence-corrected chi connectivity index (χ4v) is 3.27. The second-order valence-corrected chi connectivity index (χ2v) is 7.44. The summed E-state index contributed by atoms with van der Waals surface area (Å²) in [6.07, 6.45) is 0.227. The minimum absolute atomic E-state index is 0.112. The zero-order valence-electron chi connectivity index (χ0n) is 15.1. The number of carboxylic acid groups (broad SMARTS) is 1. The molecule has 0 aliphatic heterocycles. The normalized spacial score (nSPS) is 12.7. The summed E-state index contributed by atoms with van der Waals surface area (Å²) in [4.78, 5) is 35.8. The van der Waals surface area contributed by atoms with Crippen molar-refractivity contribution in [1.82, 2.24) is 10.6 Å². The Morgan fingerprint density at radius 2 is 1.64 bits per heavy atom. The van der Waals surface area contributed by atoms with E-state index >= 15 is 0 Å². The average Bonchev–Trinajstić information content (AvgIpc) is 2.63. The number of carbonyl (C=O) groups excluding carboxylic acids is 2. The van der Waals surface area contributed by atoms with Crippen LogP contribution in [0.15, 0.2) is 48.5 Å². The Kier molecular flexibility index (Phi) is 7.91. The van der Waals surface area contributed by atoms with Crippen LogP contribution in [-0.2, 0) is 27.2 Å². The maximum Gasteiger partial charge on any atom is 0.326 e. The van der Waals surface area contributed by atoms with Gasteiger partial charge in [0.2, 0.25) is 11.8 Å². The molecule has 3 N–H and O–H groups in total. The molecule has 28 heavy (non-hydrogen) atoms. The number of benzene rings is 2. The summed E-state index contributed by atoms with van der Waals surface area (Å²) in [5.41, 5.74) is 1.44. The van der Waals surface area contributed by atoms with Crippen LogP contribution >= 0.6 is 22.6 Å². The van der Waals surface area contributed by atoms with Crippen LogP contribution in [0.3, 0.4) is 0 Å². The van der Waals surface area contributed by atoms with Crippen LogP contribution in [-0.4, -0.2) is 35.0 Å². The van der Waals surface area contributed by atoms with Crippen LogP contribution in [0.2, 0.25) is 0 Å². The summed E-state index contributed by atoms with van der Waals surface area (Å²) in [7, 11) is 0. The van der Waals surface area contributed by atoms with Crippen molar-refractivity contribution in [2.45, 2.75) is 31.8 Å². The number of rotatable bonds is 8. The van der Waals surface area contributed by atoms with Gasteiger partial charge in [-0.05, 0) is 51.9 Å². The fraction of sp³-hybridized carbons (Fsp3) is 0.250. The monoisotopic (exact) mass is 498 g/mol. The van der Waals surface area contributed by atoms with E-state index in [0.29, 0.717) is 5.56 Å². The first-order chi connectivity index (χ1) is 13.3. The molecule has 0 saturated heterocycles. The number of hydrogen-bond donors (Lipinski definition) is 3. The third-order valence-electron chi connectivity index (χ3n) is 4.04.